The second kappa shape index (κ2) is 6.60. The van der Waals surface area contributed by atoms with Crippen LogP contribution in [0.15, 0.2) is 12.1 Å². The van der Waals surface area contributed by atoms with E-state index in [1.807, 2.05) is 0 Å². The van der Waals surface area contributed by atoms with Gasteiger partial charge in [-0.1, -0.05) is 0 Å². The molecule has 1 rings (SSSR count). The van der Waals surface area contributed by atoms with Crippen LogP contribution in [-0.2, 0) is 10.8 Å². The summed E-state index contributed by atoms with van der Waals surface area (Å²) >= 11 is 0. The van der Waals surface area contributed by atoms with Crippen LogP contribution in [0.2, 0.25) is 0 Å². The van der Waals surface area contributed by atoms with Crippen LogP contribution < -0.4 is 11.1 Å². The average Bonchev–Trinajstić information content (AvgIpc) is 2.31. The maximum atomic E-state index is 13.6. The zero-order chi connectivity index (χ0) is 14.6. The van der Waals surface area contributed by atoms with E-state index in [1.165, 1.54) is 0 Å². The van der Waals surface area contributed by atoms with Gasteiger partial charge in [-0.15, -0.1) is 0 Å². The van der Waals surface area contributed by atoms with Crippen LogP contribution in [0.1, 0.15) is 23.7 Å². The monoisotopic (exact) mass is 290 g/mol. The molecule has 1 amide bonds. The number of amides is 1. The first-order chi connectivity index (χ1) is 8.81. The van der Waals surface area contributed by atoms with E-state index in [0.29, 0.717) is 12.2 Å². The number of carbonyl (C=O) groups is 1. The minimum atomic E-state index is -0.963. The fraction of sp³-hybridized carbons (Fsp3) is 0.417. The van der Waals surface area contributed by atoms with Crippen molar-refractivity contribution >= 4 is 22.4 Å². The molecule has 0 radical (unpaired) electrons. The number of carbonyl (C=O) groups excluding carboxylic acids is 1. The summed E-state index contributed by atoms with van der Waals surface area (Å²) in [7, 11) is -0.963. The second-order valence-electron chi connectivity index (χ2n) is 4.30. The third-order valence-electron chi connectivity index (χ3n) is 2.53. The minimum absolute atomic E-state index is 0.291. The minimum Gasteiger partial charge on any atom is -0.396 e. The molecule has 1 aromatic rings. The third-order valence-corrected chi connectivity index (χ3v) is 3.34. The Kier molecular flexibility index (Phi) is 5.41. The Labute approximate surface area is 112 Å². The van der Waals surface area contributed by atoms with Crippen molar-refractivity contribution < 1.29 is 17.8 Å². The number of anilines is 1. The van der Waals surface area contributed by atoms with Crippen LogP contribution in [0.4, 0.5) is 14.5 Å². The van der Waals surface area contributed by atoms with Crippen molar-refractivity contribution in [3.8, 4) is 0 Å². The predicted octanol–water partition coefficient (Wildman–Crippen LogP) is 1.43. The Balaban J connectivity index is 2.76. The van der Waals surface area contributed by atoms with Gasteiger partial charge in [0.15, 0.2) is 5.82 Å². The lowest BCUT2D eigenvalue weighted by Crippen LogP contribution is -2.34. The highest BCUT2D eigenvalue weighted by molar-refractivity contribution is 7.84. The first kappa shape index (κ1) is 15.6. The fourth-order valence-electron chi connectivity index (χ4n) is 1.49. The van der Waals surface area contributed by atoms with Gasteiger partial charge in [0, 0.05) is 28.9 Å². The Hall–Kier alpha value is -1.50. The molecule has 0 aliphatic carbocycles. The van der Waals surface area contributed by atoms with Gasteiger partial charge in [-0.25, -0.2) is 8.78 Å². The van der Waals surface area contributed by atoms with E-state index in [9.17, 15) is 17.8 Å². The van der Waals surface area contributed by atoms with Crippen LogP contribution in [-0.4, -0.2) is 28.2 Å². The first-order valence-electron chi connectivity index (χ1n) is 5.66. The van der Waals surface area contributed by atoms with Crippen molar-refractivity contribution in [2.45, 2.75) is 19.4 Å². The molecule has 0 saturated heterocycles. The topological polar surface area (TPSA) is 72.2 Å². The van der Waals surface area contributed by atoms with E-state index >= 15 is 0 Å². The standard InChI is InChI=1S/C12H16F2N2O2S/c1-7(3-4-19(2)18)16-12(17)9-5-8(13)6-10(15)11(9)14/h5-7H,3-4,15H2,1-2H3,(H,16,17). The number of benzene rings is 1. The van der Waals surface area contributed by atoms with Gasteiger partial charge in [0.25, 0.3) is 5.91 Å². The van der Waals surface area contributed by atoms with Gasteiger partial charge < -0.3 is 11.1 Å². The highest BCUT2D eigenvalue weighted by Crippen LogP contribution is 2.17. The van der Waals surface area contributed by atoms with Gasteiger partial charge in [-0.3, -0.25) is 9.00 Å². The number of hydrogen-bond donors (Lipinski definition) is 2. The quantitative estimate of drug-likeness (QED) is 0.806. The smallest absolute Gasteiger partial charge is 0.254 e. The molecule has 19 heavy (non-hydrogen) atoms. The molecule has 0 aliphatic heterocycles. The van der Waals surface area contributed by atoms with Crippen molar-refractivity contribution in [2.24, 2.45) is 0 Å². The van der Waals surface area contributed by atoms with E-state index in [2.05, 4.69) is 5.32 Å². The van der Waals surface area contributed by atoms with E-state index in [1.54, 1.807) is 13.2 Å². The summed E-state index contributed by atoms with van der Waals surface area (Å²) in [5.74, 6) is -2.02. The lowest BCUT2D eigenvalue weighted by Gasteiger charge is -2.14. The average molecular weight is 290 g/mol. The number of halogens is 2. The Morgan fingerprint density at radius 1 is 1.47 bits per heavy atom. The van der Waals surface area contributed by atoms with Gasteiger partial charge >= 0.3 is 0 Å². The molecule has 0 aliphatic rings. The molecule has 0 saturated carbocycles. The van der Waals surface area contributed by atoms with E-state index in [0.717, 1.165) is 12.1 Å². The molecule has 106 valence electrons. The molecule has 0 heterocycles. The van der Waals surface area contributed by atoms with Crippen LogP contribution in [0.3, 0.4) is 0 Å². The summed E-state index contributed by atoms with van der Waals surface area (Å²) in [5.41, 5.74) is 4.41. The lowest BCUT2D eigenvalue weighted by atomic mass is 10.1. The predicted molar refractivity (Wildman–Crippen MR) is 71.2 cm³/mol. The largest absolute Gasteiger partial charge is 0.396 e. The van der Waals surface area contributed by atoms with Crippen molar-refractivity contribution in [1.29, 1.82) is 0 Å². The number of rotatable bonds is 5. The molecule has 0 aromatic heterocycles. The van der Waals surface area contributed by atoms with E-state index in [-0.39, 0.29) is 6.04 Å². The van der Waals surface area contributed by atoms with Gasteiger partial charge in [-0.2, -0.15) is 0 Å². The third kappa shape index (κ3) is 4.59. The van der Waals surface area contributed by atoms with Gasteiger partial charge in [0.05, 0.1) is 11.3 Å². The lowest BCUT2D eigenvalue weighted by molar-refractivity contribution is 0.0935. The molecular formula is C12H16F2N2O2S. The molecule has 0 bridgehead atoms. The number of nitrogen functional groups attached to an aromatic ring is 1. The van der Waals surface area contributed by atoms with Gasteiger partial charge in [0.2, 0.25) is 0 Å². The molecule has 2 atom stereocenters. The van der Waals surface area contributed by atoms with Crippen molar-refractivity contribution in [3.63, 3.8) is 0 Å². The van der Waals surface area contributed by atoms with E-state index in [4.69, 9.17) is 5.73 Å². The fourth-order valence-corrected chi connectivity index (χ4v) is 2.18. The number of nitrogens with two attached hydrogens (primary N) is 1. The molecule has 0 fully saturated rings. The van der Waals surface area contributed by atoms with Crippen molar-refractivity contribution in [1.82, 2.24) is 5.32 Å². The summed E-state index contributed by atoms with van der Waals surface area (Å²) in [6, 6.07) is 1.32. The zero-order valence-electron chi connectivity index (χ0n) is 10.7. The summed E-state index contributed by atoms with van der Waals surface area (Å²) in [6.45, 7) is 1.70. The molecule has 2 unspecified atom stereocenters. The maximum absolute atomic E-state index is 13.6. The van der Waals surface area contributed by atoms with Gasteiger partial charge in [0.1, 0.15) is 5.82 Å². The van der Waals surface area contributed by atoms with Crippen LogP contribution >= 0.6 is 0 Å². The van der Waals surface area contributed by atoms with Crippen molar-refractivity contribution in [3.05, 3.63) is 29.3 Å². The summed E-state index contributed by atoms with van der Waals surface area (Å²) in [6.07, 6.45) is 2.04. The van der Waals surface area contributed by atoms with Gasteiger partial charge in [-0.05, 0) is 25.5 Å². The van der Waals surface area contributed by atoms with E-state index < -0.39 is 39.6 Å². The summed E-state index contributed by atoms with van der Waals surface area (Å²) in [4.78, 5) is 11.8. The number of hydrogen-bond acceptors (Lipinski definition) is 3. The molecule has 1 aromatic carbocycles. The van der Waals surface area contributed by atoms with Crippen LogP contribution in [0.5, 0.6) is 0 Å². The normalized spacial score (nSPS) is 13.9. The van der Waals surface area contributed by atoms with Crippen molar-refractivity contribution in [2.75, 3.05) is 17.7 Å². The second-order valence-corrected chi connectivity index (χ2v) is 5.85. The Bertz CT molecular complexity index is 509. The maximum Gasteiger partial charge on any atom is 0.254 e. The molecule has 7 heteroatoms. The molecule has 4 nitrogen and oxygen atoms in total. The highest BCUT2D eigenvalue weighted by atomic mass is 32.2. The molecule has 0 spiro atoms. The van der Waals surface area contributed by atoms with Crippen LogP contribution in [0.25, 0.3) is 0 Å². The highest BCUT2D eigenvalue weighted by Gasteiger charge is 2.17. The van der Waals surface area contributed by atoms with Crippen LogP contribution in [0, 0.1) is 11.6 Å². The first-order valence-corrected chi connectivity index (χ1v) is 7.39. The Morgan fingerprint density at radius 3 is 2.68 bits per heavy atom. The number of nitrogens with one attached hydrogen (secondary N) is 1. The Morgan fingerprint density at radius 2 is 2.11 bits per heavy atom. The summed E-state index contributed by atoms with van der Waals surface area (Å²) < 4.78 is 37.6. The zero-order valence-corrected chi connectivity index (χ0v) is 11.5. The summed E-state index contributed by atoms with van der Waals surface area (Å²) in [5, 5.41) is 2.51. The molecular weight excluding hydrogens is 274 g/mol. The molecule has 3 N–H and O–H groups in total. The SMILES string of the molecule is CC(CCS(C)=O)NC(=O)c1cc(F)cc(N)c1F.